The van der Waals surface area contributed by atoms with E-state index in [2.05, 4.69) is 20.3 Å². The zero-order valence-electron chi connectivity index (χ0n) is 14.4. The molecule has 2 aromatic rings. The first-order valence-electron chi connectivity index (χ1n) is 8.41. The van der Waals surface area contributed by atoms with Gasteiger partial charge in [0.15, 0.2) is 5.13 Å². The third kappa shape index (κ3) is 3.72. The summed E-state index contributed by atoms with van der Waals surface area (Å²) in [5.41, 5.74) is 0.916. The van der Waals surface area contributed by atoms with E-state index in [0.29, 0.717) is 12.2 Å². The Hall–Kier alpha value is -2.02. The number of likely N-dealkylation sites (tertiary alicyclic amines) is 1. The number of aromatic nitrogens is 3. The molecule has 1 amide bonds. The molecule has 3 heterocycles. The van der Waals surface area contributed by atoms with Crippen LogP contribution in [0.15, 0.2) is 12.3 Å². The van der Waals surface area contributed by atoms with Crippen LogP contribution in [0.5, 0.6) is 0 Å². The van der Waals surface area contributed by atoms with Crippen molar-refractivity contribution in [2.24, 2.45) is 0 Å². The number of rotatable bonds is 4. The quantitative estimate of drug-likeness (QED) is 0.913. The third-order valence-corrected chi connectivity index (χ3v) is 5.01. The lowest BCUT2D eigenvalue weighted by Crippen LogP contribution is -2.38. The third-order valence-electron chi connectivity index (χ3n) is 4.18. The highest BCUT2D eigenvalue weighted by Gasteiger charge is 2.28. The van der Waals surface area contributed by atoms with Crippen molar-refractivity contribution in [3.05, 3.63) is 28.7 Å². The Balaban J connectivity index is 1.87. The highest BCUT2D eigenvalue weighted by atomic mass is 32.1. The molecule has 6 nitrogen and oxygen atoms in total. The van der Waals surface area contributed by atoms with Gasteiger partial charge >= 0.3 is 0 Å². The van der Waals surface area contributed by atoms with E-state index in [-0.39, 0.29) is 11.9 Å². The van der Waals surface area contributed by atoms with E-state index in [1.165, 1.54) is 0 Å². The van der Waals surface area contributed by atoms with Gasteiger partial charge in [0.05, 0.1) is 11.7 Å². The van der Waals surface area contributed by atoms with Crippen LogP contribution in [-0.4, -0.2) is 32.3 Å². The number of nitrogens with zero attached hydrogens (tertiary/aromatic N) is 4. The van der Waals surface area contributed by atoms with Crippen LogP contribution in [0.3, 0.4) is 0 Å². The molecular weight excluding hydrogens is 322 g/mol. The van der Waals surface area contributed by atoms with Gasteiger partial charge in [-0.25, -0.2) is 15.0 Å². The van der Waals surface area contributed by atoms with Gasteiger partial charge in [-0.15, -0.1) is 11.3 Å². The second kappa shape index (κ2) is 7.25. The molecule has 1 N–H and O–H groups in total. The lowest BCUT2D eigenvalue weighted by atomic mass is 9.98. The summed E-state index contributed by atoms with van der Waals surface area (Å²) >= 11 is 1.59. The molecule has 3 rings (SSSR count). The average Bonchev–Trinajstić information content (AvgIpc) is 2.98. The van der Waals surface area contributed by atoms with E-state index in [0.717, 1.165) is 47.3 Å². The molecule has 0 aromatic carbocycles. The maximum absolute atomic E-state index is 12.3. The average molecular weight is 345 g/mol. The maximum atomic E-state index is 12.3. The number of hydrogen-bond donors (Lipinski definition) is 1. The van der Waals surface area contributed by atoms with Crippen molar-refractivity contribution in [3.63, 3.8) is 0 Å². The number of aryl methyl sites for hydroxylation is 2. The van der Waals surface area contributed by atoms with E-state index >= 15 is 0 Å². The predicted octanol–water partition coefficient (Wildman–Crippen LogP) is 3.76. The van der Waals surface area contributed by atoms with Crippen molar-refractivity contribution < 1.29 is 4.79 Å². The second-order valence-electron chi connectivity index (χ2n) is 6.08. The van der Waals surface area contributed by atoms with Gasteiger partial charge in [-0.05, 0) is 33.1 Å². The molecule has 0 bridgehead atoms. The lowest BCUT2D eigenvalue weighted by molar-refractivity contribution is -0.134. The largest absolute Gasteiger partial charge is 0.334 e. The number of carbonyl (C=O) groups is 1. The molecule has 1 fully saturated rings. The molecule has 1 atom stereocenters. The molecule has 1 aliphatic rings. The highest BCUT2D eigenvalue weighted by Crippen LogP contribution is 2.32. The van der Waals surface area contributed by atoms with Crippen molar-refractivity contribution in [2.75, 3.05) is 11.9 Å². The number of carbonyl (C=O) groups excluding carboxylic acids is 1. The topological polar surface area (TPSA) is 71.0 Å². The van der Waals surface area contributed by atoms with Gasteiger partial charge in [0, 0.05) is 30.1 Å². The second-order valence-corrected chi connectivity index (χ2v) is 7.31. The minimum Gasteiger partial charge on any atom is -0.334 e. The standard InChI is InChI=1S/C17H23N5OS/c1-4-16(23)22-8-6-5-7-14(22)13-9-15(20-12(3)19-13)21-17-18-10-11(2)24-17/h9-10,14H,4-8H2,1-3H3,(H,18,19,20,21). The molecule has 0 saturated carbocycles. The zero-order valence-corrected chi connectivity index (χ0v) is 15.2. The van der Waals surface area contributed by atoms with Gasteiger partial charge in [0.25, 0.3) is 0 Å². The summed E-state index contributed by atoms with van der Waals surface area (Å²) in [7, 11) is 0. The Labute approximate surface area is 146 Å². The number of amides is 1. The Kier molecular flexibility index (Phi) is 5.08. The van der Waals surface area contributed by atoms with Crippen molar-refractivity contribution in [1.82, 2.24) is 19.9 Å². The maximum Gasteiger partial charge on any atom is 0.222 e. The van der Waals surface area contributed by atoms with E-state index in [4.69, 9.17) is 0 Å². The SMILES string of the molecule is CCC(=O)N1CCCCC1c1cc(Nc2ncc(C)s2)nc(C)n1. The zero-order chi connectivity index (χ0) is 17.1. The van der Waals surface area contributed by atoms with Crippen molar-refractivity contribution in [3.8, 4) is 0 Å². The molecule has 24 heavy (non-hydrogen) atoms. The number of nitrogens with one attached hydrogen (secondary N) is 1. The van der Waals surface area contributed by atoms with E-state index in [1.54, 1.807) is 11.3 Å². The van der Waals surface area contributed by atoms with Crippen LogP contribution in [-0.2, 0) is 4.79 Å². The van der Waals surface area contributed by atoms with Crippen LogP contribution >= 0.6 is 11.3 Å². The van der Waals surface area contributed by atoms with Gasteiger partial charge in [0.2, 0.25) is 5.91 Å². The lowest BCUT2D eigenvalue weighted by Gasteiger charge is -2.35. The van der Waals surface area contributed by atoms with E-state index in [9.17, 15) is 4.79 Å². The van der Waals surface area contributed by atoms with Gasteiger partial charge in [-0.2, -0.15) is 0 Å². The minimum atomic E-state index is 0.0477. The van der Waals surface area contributed by atoms with Crippen LogP contribution < -0.4 is 5.32 Å². The summed E-state index contributed by atoms with van der Waals surface area (Å²) in [6.07, 6.45) is 5.51. The van der Waals surface area contributed by atoms with Crippen LogP contribution in [0.2, 0.25) is 0 Å². The fourth-order valence-corrected chi connectivity index (χ4v) is 3.76. The molecular formula is C17H23N5OS. The number of piperidine rings is 1. The highest BCUT2D eigenvalue weighted by molar-refractivity contribution is 7.15. The fraction of sp³-hybridized carbons (Fsp3) is 0.529. The number of anilines is 2. The summed E-state index contributed by atoms with van der Waals surface area (Å²) in [4.78, 5) is 28.8. The van der Waals surface area contributed by atoms with E-state index < -0.39 is 0 Å². The molecule has 0 aliphatic carbocycles. The molecule has 7 heteroatoms. The minimum absolute atomic E-state index is 0.0477. The smallest absolute Gasteiger partial charge is 0.222 e. The van der Waals surface area contributed by atoms with E-state index in [1.807, 2.05) is 37.9 Å². The van der Waals surface area contributed by atoms with Crippen molar-refractivity contribution in [1.29, 1.82) is 0 Å². The van der Waals surface area contributed by atoms with Gasteiger partial charge < -0.3 is 10.2 Å². The monoisotopic (exact) mass is 345 g/mol. The summed E-state index contributed by atoms with van der Waals surface area (Å²) < 4.78 is 0. The molecule has 1 aliphatic heterocycles. The first kappa shape index (κ1) is 16.8. The Morgan fingerprint density at radius 3 is 2.92 bits per heavy atom. The molecule has 128 valence electrons. The summed E-state index contributed by atoms with van der Waals surface area (Å²) in [6.45, 7) is 6.64. The number of thiazole rings is 1. The molecule has 1 unspecified atom stereocenters. The van der Waals surface area contributed by atoms with Crippen molar-refractivity contribution in [2.45, 2.75) is 52.5 Å². The van der Waals surface area contributed by atoms with Crippen LogP contribution in [0.4, 0.5) is 10.9 Å². The normalized spacial score (nSPS) is 17.8. The molecule has 1 saturated heterocycles. The summed E-state index contributed by atoms with van der Waals surface area (Å²) in [5.74, 6) is 1.64. The van der Waals surface area contributed by atoms with Crippen molar-refractivity contribution >= 4 is 28.2 Å². The van der Waals surface area contributed by atoms with Gasteiger partial charge in [0.1, 0.15) is 11.6 Å². The van der Waals surface area contributed by atoms with Crippen LogP contribution in [0.1, 0.15) is 55.0 Å². The van der Waals surface area contributed by atoms with Crippen LogP contribution in [0.25, 0.3) is 0 Å². The Morgan fingerprint density at radius 2 is 2.21 bits per heavy atom. The first-order valence-corrected chi connectivity index (χ1v) is 9.23. The fourth-order valence-electron chi connectivity index (χ4n) is 3.09. The Morgan fingerprint density at radius 1 is 1.38 bits per heavy atom. The van der Waals surface area contributed by atoms with Gasteiger partial charge in [-0.1, -0.05) is 6.92 Å². The molecule has 0 radical (unpaired) electrons. The predicted molar refractivity (Wildman–Crippen MR) is 95.5 cm³/mol. The first-order chi connectivity index (χ1) is 11.6. The summed E-state index contributed by atoms with van der Waals surface area (Å²) in [6, 6.07) is 2.00. The number of hydrogen-bond acceptors (Lipinski definition) is 6. The molecule has 0 spiro atoms. The summed E-state index contributed by atoms with van der Waals surface area (Å²) in [5, 5.41) is 4.08. The van der Waals surface area contributed by atoms with Gasteiger partial charge in [-0.3, -0.25) is 4.79 Å². The molecule has 2 aromatic heterocycles. The Bertz CT molecular complexity index is 730. The van der Waals surface area contributed by atoms with Crippen LogP contribution in [0, 0.1) is 13.8 Å².